The van der Waals surface area contributed by atoms with Crippen LogP contribution in [0.5, 0.6) is 0 Å². The van der Waals surface area contributed by atoms with Gasteiger partial charge in [0.2, 0.25) is 11.8 Å². The fourth-order valence-electron chi connectivity index (χ4n) is 2.09. The van der Waals surface area contributed by atoms with Crippen molar-refractivity contribution >= 4 is 23.5 Å². The fraction of sp³-hybridized carbons (Fsp3) is 0.308. The second-order valence-corrected chi connectivity index (χ2v) is 4.31. The zero-order valence-corrected chi connectivity index (χ0v) is 10.2. The topological polar surface area (TPSA) is 86.7 Å². The van der Waals surface area contributed by atoms with E-state index in [0.29, 0.717) is 0 Å². The third kappa shape index (κ3) is 3.09. The minimum Gasteiger partial charge on any atom is -0.481 e. The first-order chi connectivity index (χ1) is 9.08. The van der Waals surface area contributed by atoms with E-state index in [1.165, 1.54) is 0 Å². The molecule has 1 atom stereocenters. The highest BCUT2D eigenvalue weighted by Crippen LogP contribution is 2.21. The smallest absolute Gasteiger partial charge is 0.305 e. The Bertz CT molecular complexity index is 501. The lowest BCUT2D eigenvalue weighted by Gasteiger charge is -2.28. The number of carboxylic acid groups (broad SMARTS) is 1. The number of rotatable bonds is 5. The molecular formula is C13H14N2O4. The fourth-order valence-corrected chi connectivity index (χ4v) is 2.09. The number of hydrogen-bond donors (Lipinski definition) is 2. The van der Waals surface area contributed by atoms with Gasteiger partial charge in [0.15, 0.2) is 0 Å². The third-order valence-electron chi connectivity index (χ3n) is 2.97. The van der Waals surface area contributed by atoms with E-state index in [9.17, 15) is 14.4 Å². The maximum absolute atomic E-state index is 11.7. The van der Waals surface area contributed by atoms with Gasteiger partial charge >= 0.3 is 5.97 Å². The van der Waals surface area contributed by atoms with Crippen molar-refractivity contribution in [3.63, 3.8) is 0 Å². The number of hydrogen-bond acceptors (Lipinski definition) is 4. The van der Waals surface area contributed by atoms with Crippen molar-refractivity contribution in [1.29, 1.82) is 0 Å². The van der Waals surface area contributed by atoms with Gasteiger partial charge in [0.1, 0.15) is 6.04 Å². The highest BCUT2D eigenvalue weighted by Gasteiger charge is 2.35. The van der Waals surface area contributed by atoms with Crippen molar-refractivity contribution in [2.75, 3.05) is 11.4 Å². The van der Waals surface area contributed by atoms with Gasteiger partial charge in [-0.2, -0.15) is 0 Å². The number of aliphatic carboxylic acids is 1. The molecule has 1 aliphatic rings. The van der Waals surface area contributed by atoms with Crippen LogP contribution < -0.4 is 10.2 Å². The molecule has 1 aromatic rings. The van der Waals surface area contributed by atoms with Crippen LogP contribution in [-0.2, 0) is 14.4 Å². The molecule has 6 nitrogen and oxygen atoms in total. The SMILES string of the molecule is O=C(O)CCN(c1ccccc1)C1CC(=O)NC1=O. The number of carbonyl (C=O) groups is 3. The van der Waals surface area contributed by atoms with Gasteiger partial charge in [0.05, 0.1) is 12.8 Å². The lowest BCUT2D eigenvalue weighted by Crippen LogP contribution is -2.42. The molecule has 2 rings (SSSR count). The molecule has 6 heteroatoms. The molecule has 0 spiro atoms. The highest BCUT2D eigenvalue weighted by atomic mass is 16.4. The average Bonchev–Trinajstić information content (AvgIpc) is 2.70. The summed E-state index contributed by atoms with van der Waals surface area (Å²) in [5.41, 5.74) is 0.735. The normalized spacial score (nSPS) is 18.2. The Morgan fingerprint density at radius 1 is 1.32 bits per heavy atom. The number of anilines is 1. The van der Waals surface area contributed by atoms with Crippen LogP contribution in [0.4, 0.5) is 5.69 Å². The predicted molar refractivity (Wildman–Crippen MR) is 67.6 cm³/mol. The van der Waals surface area contributed by atoms with Crippen LogP contribution in [0.2, 0.25) is 0 Å². The molecule has 1 aromatic carbocycles. The average molecular weight is 262 g/mol. The number of benzene rings is 1. The maximum atomic E-state index is 11.7. The summed E-state index contributed by atoms with van der Waals surface area (Å²) in [5.74, 6) is -1.64. The molecule has 100 valence electrons. The minimum absolute atomic E-state index is 0.0628. The Morgan fingerprint density at radius 2 is 2.00 bits per heavy atom. The van der Waals surface area contributed by atoms with Gasteiger partial charge in [-0.3, -0.25) is 19.7 Å². The Morgan fingerprint density at radius 3 is 2.53 bits per heavy atom. The van der Waals surface area contributed by atoms with Crippen molar-refractivity contribution in [2.45, 2.75) is 18.9 Å². The lowest BCUT2D eigenvalue weighted by molar-refractivity contribution is -0.137. The molecule has 0 saturated carbocycles. The largest absolute Gasteiger partial charge is 0.481 e. The summed E-state index contributed by atoms with van der Waals surface area (Å²) >= 11 is 0. The second kappa shape index (κ2) is 5.51. The van der Waals surface area contributed by atoms with Gasteiger partial charge < -0.3 is 10.0 Å². The van der Waals surface area contributed by atoms with Crippen LogP contribution in [0.25, 0.3) is 0 Å². The highest BCUT2D eigenvalue weighted by molar-refractivity contribution is 6.07. The van der Waals surface area contributed by atoms with Crippen LogP contribution in [0.3, 0.4) is 0 Å². The quantitative estimate of drug-likeness (QED) is 0.749. The molecule has 1 saturated heterocycles. The number of imide groups is 1. The number of carboxylic acids is 1. The number of nitrogens with one attached hydrogen (secondary N) is 1. The molecule has 0 aromatic heterocycles. The lowest BCUT2D eigenvalue weighted by atomic mass is 10.1. The molecule has 1 heterocycles. The van der Waals surface area contributed by atoms with E-state index in [1.54, 1.807) is 29.2 Å². The third-order valence-corrected chi connectivity index (χ3v) is 2.97. The van der Waals surface area contributed by atoms with Crippen LogP contribution in [0.1, 0.15) is 12.8 Å². The number of amides is 2. The summed E-state index contributed by atoms with van der Waals surface area (Å²) in [6.07, 6.45) is -0.0276. The first-order valence-corrected chi connectivity index (χ1v) is 5.95. The predicted octanol–water partition coefficient (Wildman–Crippen LogP) is 0.383. The molecule has 19 heavy (non-hydrogen) atoms. The van der Waals surface area contributed by atoms with E-state index in [2.05, 4.69) is 5.32 Å². The molecule has 1 unspecified atom stereocenters. The van der Waals surface area contributed by atoms with E-state index in [0.717, 1.165) is 5.69 Å². The molecule has 1 aliphatic heterocycles. The summed E-state index contributed by atoms with van der Waals surface area (Å²) in [4.78, 5) is 35.3. The summed E-state index contributed by atoms with van der Waals surface area (Å²) in [5, 5.41) is 11.0. The van der Waals surface area contributed by atoms with Crippen molar-refractivity contribution < 1.29 is 19.5 Å². The van der Waals surface area contributed by atoms with Crippen LogP contribution in [-0.4, -0.2) is 35.5 Å². The van der Waals surface area contributed by atoms with Gasteiger partial charge in [-0.25, -0.2) is 0 Å². The Balaban J connectivity index is 2.21. The van der Waals surface area contributed by atoms with E-state index < -0.39 is 12.0 Å². The summed E-state index contributed by atoms with van der Waals surface area (Å²) in [7, 11) is 0. The number of nitrogens with zero attached hydrogens (tertiary/aromatic N) is 1. The molecule has 0 bridgehead atoms. The van der Waals surface area contributed by atoms with Crippen LogP contribution in [0.15, 0.2) is 30.3 Å². The first-order valence-electron chi connectivity index (χ1n) is 5.95. The Kier molecular flexibility index (Phi) is 3.79. The number of carbonyl (C=O) groups excluding carboxylic acids is 2. The maximum Gasteiger partial charge on any atom is 0.305 e. The summed E-state index contributed by atoms with van der Waals surface area (Å²) in [6, 6.07) is 8.39. The monoisotopic (exact) mass is 262 g/mol. The first kappa shape index (κ1) is 13.1. The van der Waals surface area contributed by atoms with Crippen LogP contribution in [0, 0.1) is 0 Å². The molecule has 2 amide bonds. The summed E-state index contributed by atoms with van der Waals surface area (Å²) < 4.78 is 0. The van der Waals surface area contributed by atoms with E-state index in [-0.39, 0.29) is 31.2 Å². The van der Waals surface area contributed by atoms with Gasteiger partial charge in [-0.05, 0) is 12.1 Å². The van der Waals surface area contributed by atoms with E-state index in [1.807, 2.05) is 6.07 Å². The van der Waals surface area contributed by atoms with E-state index in [4.69, 9.17) is 5.11 Å². The molecule has 2 N–H and O–H groups in total. The molecule has 0 radical (unpaired) electrons. The Hall–Kier alpha value is -2.37. The zero-order chi connectivity index (χ0) is 13.8. The zero-order valence-electron chi connectivity index (χ0n) is 10.2. The van der Waals surface area contributed by atoms with Crippen molar-refractivity contribution in [3.8, 4) is 0 Å². The standard InChI is InChI=1S/C13H14N2O4/c16-11-8-10(13(19)14-11)15(7-6-12(17)18)9-4-2-1-3-5-9/h1-5,10H,6-8H2,(H,17,18)(H,14,16,19). The Labute approximate surface area is 110 Å². The minimum atomic E-state index is -0.939. The molecular weight excluding hydrogens is 248 g/mol. The van der Waals surface area contributed by atoms with Gasteiger partial charge in [0.25, 0.3) is 0 Å². The number of para-hydroxylation sites is 1. The second-order valence-electron chi connectivity index (χ2n) is 4.31. The van der Waals surface area contributed by atoms with Gasteiger partial charge in [-0.1, -0.05) is 18.2 Å². The van der Waals surface area contributed by atoms with E-state index >= 15 is 0 Å². The van der Waals surface area contributed by atoms with Crippen LogP contribution >= 0.6 is 0 Å². The van der Waals surface area contributed by atoms with Gasteiger partial charge in [0, 0.05) is 12.2 Å². The van der Waals surface area contributed by atoms with Crippen molar-refractivity contribution in [2.24, 2.45) is 0 Å². The molecule has 0 aliphatic carbocycles. The summed E-state index contributed by atoms with van der Waals surface area (Å²) in [6.45, 7) is 0.185. The van der Waals surface area contributed by atoms with Crippen molar-refractivity contribution in [3.05, 3.63) is 30.3 Å². The molecule has 1 fully saturated rings. The van der Waals surface area contributed by atoms with Crippen molar-refractivity contribution in [1.82, 2.24) is 5.32 Å². The van der Waals surface area contributed by atoms with Gasteiger partial charge in [-0.15, -0.1) is 0 Å².